The van der Waals surface area contributed by atoms with Crippen molar-refractivity contribution >= 4 is 29.4 Å². The molecule has 1 N–H and O–H groups in total. The van der Waals surface area contributed by atoms with Gasteiger partial charge < -0.3 is 29.5 Å². The van der Waals surface area contributed by atoms with Gasteiger partial charge in [-0.05, 0) is 57.6 Å². The Hall–Kier alpha value is -4.22. The summed E-state index contributed by atoms with van der Waals surface area (Å²) in [5.41, 5.74) is 2.56. The van der Waals surface area contributed by atoms with Crippen molar-refractivity contribution in [1.29, 1.82) is 0 Å². The molecule has 0 saturated carbocycles. The summed E-state index contributed by atoms with van der Waals surface area (Å²) in [4.78, 5) is 46.2. The Morgan fingerprint density at radius 3 is 2.21 bits per heavy atom. The molecule has 0 radical (unpaired) electrons. The fourth-order valence-corrected chi connectivity index (χ4v) is 5.19. The van der Waals surface area contributed by atoms with Crippen molar-refractivity contribution in [3.63, 3.8) is 0 Å². The van der Waals surface area contributed by atoms with Crippen molar-refractivity contribution in [2.24, 2.45) is 0 Å². The van der Waals surface area contributed by atoms with Crippen LogP contribution in [0.4, 0.5) is 16.3 Å². The highest BCUT2D eigenvalue weighted by Gasteiger charge is 2.37. The second-order valence-corrected chi connectivity index (χ2v) is 11.7. The van der Waals surface area contributed by atoms with Crippen molar-refractivity contribution < 1.29 is 23.9 Å². The lowest BCUT2D eigenvalue weighted by Crippen LogP contribution is -2.44. The van der Waals surface area contributed by atoms with Crippen LogP contribution in [0.25, 0.3) is 0 Å². The molecule has 11 nitrogen and oxygen atoms in total. The molecule has 0 aliphatic carbocycles. The van der Waals surface area contributed by atoms with E-state index in [2.05, 4.69) is 27.3 Å². The summed E-state index contributed by atoms with van der Waals surface area (Å²) in [6.07, 6.45) is -1.49. The van der Waals surface area contributed by atoms with Crippen LogP contribution in [0.3, 0.4) is 0 Å². The van der Waals surface area contributed by atoms with Gasteiger partial charge in [-0.25, -0.2) is 4.79 Å². The number of hydrogen-bond donors (Lipinski definition) is 1. The molecule has 2 aliphatic rings. The zero-order valence-corrected chi connectivity index (χ0v) is 24.8. The van der Waals surface area contributed by atoms with E-state index < -0.39 is 17.8 Å². The van der Waals surface area contributed by atoms with Crippen LogP contribution in [0.1, 0.15) is 54.1 Å². The number of carbonyl (C=O) groups is 3. The minimum absolute atomic E-state index is 0.114. The first kappa shape index (κ1) is 29.3. The van der Waals surface area contributed by atoms with Gasteiger partial charge in [-0.2, -0.15) is 4.68 Å². The molecule has 1 unspecified atom stereocenters. The van der Waals surface area contributed by atoms with Crippen molar-refractivity contribution in [1.82, 2.24) is 19.6 Å². The molecule has 1 atom stereocenters. The Morgan fingerprint density at radius 2 is 1.60 bits per heavy atom. The second-order valence-electron chi connectivity index (χ2n) is 11.7. The van der Waals surface area contributed by atoms with Gasteiger partial charge in [0.2, 0.25) is 0 Å². The standard InChI is InChI=1S/C31H38N6O5/c1-31(2,3)42-30(40)37-25-20-36(29(39)26(41-5)21-9-7-6-8-10-21)19-24(25)27(33-37)32-28(38)22-11-13-23(14-12-22)35-17-15-34(4)16-18-35/h6-14,26H,15-20H2,1-5H3,(H,32,33,38). The smallest absolute Gasteiger partial charge is 0.435 e. The number of hydrogen-bond acceptors (Lipinski definition) is 8. The van der Waals surface area contributed by atoms with Crippen LogP contribution < -0.4 is 10.2 Å². The third kappa shape index (κ3) is 6.32. The first-order valence-electron chi connectivity index (χ1n) is 14.1. The molecule has 0 bridgehead atoms. The maximum Gasteiger partial charge on any atom is 0.435 e. The number of nitrogens with zero attached hydrogens (tertiary/aromatic N) is 5. The van der Waals surface area contributed by atoms with Gasteiger partial charge >= 0.3 is 6.09 Å². The molecule has 1 aromatic heterocycles. The number of benzene rings is 2. The van der Waals surface area contributed by atoms with Gasteiger partial charge in [0.05, 0.1) is 18.8 Å². The van der Waals surface area contributed by atoms with Gasteiger partial charge in [-0.15, -0.1) is 5.10 Å². The normalized spacial score (nSPS) is 16.2. The molecular weight excluding hydrogens is 536 g/mol. The Balaban J connectivity index is 1.37. The van der Waals surface area contributed by atoms with Crippen molar-refractivity contribution in [2.75, 3.05) is 50.6 Å². The highest BCUT2D eigenvalue weighted by molar-refractivity contribution is 6.04. The average molecular weight is 575 g/mol. The fourth-order valence-electron chi connectivity index (χ4n) is 5.19. The van der Waals surface area contributed by atoms with E-state index in [1.54, 1.807) is 37.8 Å². The SMILES string of the molecule is COC(C(=O)N1Cc2c(NC(=O)c3ccc(N4CCN(C)CC4)cc3)nn(C(=O)OC(C)(C)C)c2C1)c1ccccc1. The van der Waals surface area contributed by atoms with Crippen LogP contribution in [0.2, 0.25) is 0 Å². The number of aromatic nitrogens is 2. The highest BCUT2D eigenvalue weighted by atomic mass is 16.6. The lowest BCUT2D eigenvalue weighted by atomic mass is 10.1. The number of fused-ring (bicyclic) bond motifs is 1. The van der Waals surface area contributed by atoms with E-state index in [-0.39, 0.29) is 30.7 Å². The monoisotopic (exact) mass is 574 g/mol. The molecular formula is C31H38N6O5. The van der Waals surface area contributed by atoms with Crippen LogP contribution in [0.5, 0.6) is 0 Å². The van der Waals surface area contributed by atoms with Crippen LogP contribution in [0.15, 0.2) is 54.6 Å². The van der Waals surface area contributed by atoms with Gasteiger partial charge in [0, 0.05) is 50.1 Å². The summed E-state index contributed by atoms with van der Waals surface area (Å²) < 4.78 is 12.3. The largest absolute Gasteiger partial charge is 0.442 e. The number of anilines is 2. The van der Waals surface area contributed by atoms with Gasteiger partial charge in [0.25, 0.3) is 11.8 Å². The van der Waals surface area contributed by atoms with Crippen LogP contribution >= 0.6 is 0 Å². The van der Waals surface area contributed by atoms with Gasteiger partial charge in [-0.3, -0.25) is 9.59 Å². The lowest BCUT2D eigenvalue weighted by Gasteiger charge is -2.34. The predicted octanol–water partition coefficient (Wildman–Crippen LogP) is 3.90. The Labute approximate surface area is 246 Å². The topological polar surface area (TPSA) is 109 Å². The molecule has 42 heavy (non-hydrogen) atoms. The maximum absolute atomic E-state index is 13.5. The van der Waals surface area contributed by atoms with Crippen molar-refractivity contribution in [3.05, 3.63) is 77.0 Å². The first-order valence-corrected chi connectivity index (χ1v) is 14.1. The zero-order chi connectivity index (χ0) is 30.0. The molecule has 2 aromatic carbocycles. The van der Waals surface area contributed by atoms with E-state index >= 15 is 0 Å². The molecule has 11 heteroatoms. The van der Waals surface area contributed by atoms with Crippen molar-refractivity contribution in [3.8, 4) is 0 Å². The quantitative estimate of drug-likeness (QED) is 0.472. The van der Waals surface area contributed by atoms with Crippen LogP contribution in [-0.4, -0.2) is 83.4 Å². The number of nitrogens with one attached hydrogen (secondary N) is 1. The molecule has 3 heterocycles. The van der Waals surface area contributed by atoms with E-state index in [9.17, 15) is 14.4 Å². The second kappa shape index (κ2) is 11.9. The third-order valence-corrected chi connectivity index (χ3v) is 7.45. The molecule has 1 fully saturated rings. The average Bonchev–Trinajstić information content (AvgIpc) is 3.54. The van der Waals surface area contributed by atoms with E-state index in [0.717, 1.165) is 42.1 Å². The predicted molar refractivity (Wildman–Crippen MR) is 158 cm³/mol. The molecule has 0 spiro atoms. The zero-order valence-electron chi connectivity index (χ0n) is 24.8. The highest BCUT2D eigenvalue weighted by Crippen LogP contribution is 2.33. The number of ether oxygens (including phenoxy) is 2. The summed E-state index contributed by atoms with van der Waals surface area (Å²) in [6, 6.07) is 16.7. The number of piperazine rings is 1. The summed E-state index contributed by atoms with van der Waals surface area (Å²) in [5, 5.41) is 7.29. The van der Waals surface area contributed by atoms with E-state index in [1.165, 1.54) is 7.11 Å². The summed E-state index contributed by atoms with van der Waals surface area (Å²) in [5.74, 6) is -0.402. The third-order valence-electron chi connectivity index (χ3n) is 7.45. The number of carbonyl (C=O) groups excluding carboxylic acids is 3. The number of likely N-dealkylation sites (N-methyl/N-ethyl adjacent to an activating group) is 1. The Bertz CT molecular complexity index is 1440. The van der Waals surface area contributed by atoms with Gasteiger partial charge in [-0.1, -0.05) is 30.3 Å². The minimum atomic E-state index is -0.810. The molecule has 2 aliphatic heterocycles. The van der Waals surface area contributed by atoms with Crippen molar-refractivity contribution in [2.45, 2.75) is 45.6 Å². The number of methoxy groups -OCH3 is 1. The Morgan fingerprint density at radius 1 is 0.929 bits per heavy atom. The summed E-state index contributed by atoms with van der Waals surface area (Å²) in [6.45, 7) is 9.41. The van der Waals surface area contributed by atoms with E-state index in [0.29, 0.717) is 16.8 Å². The maximum atomic E-state index is 13.5. The number of rotatable bonds is 6. The molecule has 1 saturated heterocycles. The number of amides is 2. The fraction of sp³-hybridized carbons (Fsp3) is 0.419. The molecule has 2 amide bonds. The van der Waals surface area contributed by atoms with Gasteiger partial charge in [0.1, 0.15) is 5.60 Å². The van der Waals surface area contributed by atoms with Gasteiger partial charge in [0.15, 0.2) is 11.9 Å². The van der Waals surface area contributed by atoms with E-state index in [4.69, 9.17) is 9.47 Å². The lowest BCUT2D eigenvalue weighted by molar-refractivity contribution is -0.143. The minimum Gasteiger partial charge on any atom is -0.442 e. The Kier molecular flexibility index (Phi) is 8.33. The van der Waals surface area contributed by atoms with Crippen LogP contribution in [0, 0.1) is 0 Å². The van der Waals surface area contributed by atoms with E-state index in [1.807, 2.05) is 42.5 Å². The molecule has 3 aromatic rings. The molecule has 5 rings (SSSR count). The molecule has 222 valence electrons. The van der Waals surface area contributed by atoms with Crippen LogP contribution in [-0.2, 0) is 27.4 Å². The summed E-state index contributed by atoms with van der Waals surface area (Å²) in [7, 11) is 3.60. The first-order chi connectivity index (χ1) is 20.0. The summed E-state index contributed by atoms with van der Waals surface area (Å²) >= 11 is 0.